The van der Waals surface area contributed by atoms with Gasteiger partial charge in [-0.25, -0.2) is 9.59 Å². The predicted octanol–water partition coefficient (Wildman–Crippen LogP) is 6.80. The van der Waals surface area contributed by atoms with Gasteiger partial charge in [0.05, 0.1) is 18.0 Å². The lowest BCUT2D eigenvalue weighted by Crippen LogP contribution is -2.59. The molecule has 0 spiro atoms. The summed E-state index contributed by atoms with van der Waals surface area (Å²) in [5.74, 6) is -2.76. The van der Waals surface area contributed by atoms with E-state index in [0.717, 1.165) is 46.1 Å². The van der Waals surface area contributed by atoms with Crippen LogP contribution in [-0.4, -0.2) is 72.7 Å². The fraction of sp³-hybridized carbons (Fsp3) is 0.277. The van der Waals surface area contributed by atoms with Gasteiger partial charge in [-0.05, 0) is 51.8 Å². The lowest BCUT2D eigenvalue weighted by molar-refractivity contribution is -0.148. The molecular weight excluding hydrogens is 751 g/mol. The third kappa shape index (κ3) is 9.11. The number of hydrogen-bond donors (Lipinski definition) is 4. The summed E-state index contributed by atoms with van der Waals surface area (Å²) >= 11 is 1.44. The van der Waals surface area contributed by atoms with Gasteiger partial charge in [0.15, 0.2) is 6.04 Å². The van der Waals surface area contributed by atoms with E-state index in [2.05, 4.69) is 28.1 Å². The van der Waals surface area contributed by atoms with E-state index in [1.165, 1.54) is 18.7 Å². The molecule has 4 atom stereocenters. The standard InChI is InChI=1S/C47H49N3O7S/c1-30(2)41(50-46(55)57-28-39-37-26-16-14-24-35(37)36-25-15-17-27-38(36)39)44(53)48-40(43(52)49-42(31(3)51)45(54)56-4)29-58-47(32-18-8-5-9-19-32,33-20-10-6-11-21-33)34-22-12-7-13-23-34/h5-27,30-31,39-42,51H,28-29H2,1-4H3,(H,48,53)(H,49,52)(H,50,55)/t31-,40+,41+,42+/m0/s1. The van der Waals surface area contributed by atoms with Crippen LogP contribution in [-0.2, 0) is 28.6 Å². The van der Waals surface area contributed by atoms with Crippen LogP contribution in [0.15, 0.2) is 140 Å². The van der Waals surface area contributed by atoms with E-state index in [1.807, 2.05) is 127 Å². The summed E-state index contributed by atoms with van der Waals surface area (Å²) in [6.07, 6.45) is -2.07. The molecule has 0 unspecified atom stereocenters. The first kappa shape index (κ1) is 41.7. The van der Waals surface area contributed by atoms with Crippen LogP contribution in [0.5, 0.6) is 0 Å². The van der Waals surface area contributed by atoms with Gasteiger partial charge in [-0.2, -0.15) is 0 Å². The van der Waals surface area contributed by atoms with Crippen molar-refractivity contribution in [3.63, 3.8) is 0 Å². The van der Waals surface area contributed by atoms with Crippen molar-refractivity contribution in [2.45, 2.75) is 55.7 Å². The molecule has 0 aliphatic heterocycles. The van der Waals surface area contributed by atoms with Gasteiger partial charge in [0.2, 0.25) is 11.8 Å². The van der Waals surface area contributed by atoms with E-state index in [9.17, 15) is 24.3 Å². The summed E-state index contributed by atoms with van der Waals surface area (Å²) in [5.41, 5.74) is 7.12. The van der Waals surface area contributed by atoms with Crippen LogP contribution in [0.2, 0.25) is 0 Å². The number of rotatable bonds is 16. The third-order valence-electron chi connectivity index (χ3n) is 10.4. The van der Waals surface area contributed by atoms with Crippen LogP contribution in [0.4, 0.5) is 4.79 Å². The molecule has 0 aromatic heterocycles. The predicted molar refractivity (Wildman–Crippen MR) is 226 cm³/mol. The van der Waals surface area contributed by atoms with Crippen molar-refractivity contribution < 1.29 is 33.8 Å². The molecule has 4 N–H and O–H groups in total. The minimum Gasteiger partial charge on any atom is -0.467 e. The van der Waals surface area contributed by atoms with Crippen molar-refractivity contribution in [3.05, 3.63) is 167 Å². The minimum absolute atomic E-state index is 0.0136. The van der Waals surface area contributed by atoms with E-state index in [1.54, 1.807) is 13.8 Å². The van der Waals surface area contributed by atoms with Crippen molar-refractivity contribution in [2.75, 3.05) is 19.5 Å². The van der Waals surface area contributed by atoms with Gasteiger partial charge in [0.25, 0.3) is 0 Å². The zero-order valence-electron chi connectivity index (χ0n) is 33.0. The molecule has 0 heterocycles. The molecule has 300 valence electrons. The number of fused-ring (bicyclic) bond motifs is 3. The Kier molecular flexibility index (Phi) is 13.7. The lowest BCUT2D eigenvalue weighted by Gasteiger charge is -2.37. The number of alkyl carbamates (subject to hydrolysis) is 1. The highest BCUT2D eigenvalue weighted by atomic mass is 32.2. The zero-order valence-corrected chi connectivity index (χ0v) is 33.8. The number of carbonyl (C=O) groups excluding carboxylic acids is 4. The molecule has 0 saturated carbocycles. The summed E-state index contributed by atoms with van der Waals surface area (Å²) in [5, 5.41) is 18.7. The summed E-state index contributed by atoms with van der Waals surface area (Å²) < 4.78 is 9.80. The molecule has 6 rings (SSSR count). The number of carbonyl (C=O) groups is 4. The number of nitrogens with one attached hydrogen (secondary N) is 3. The first-order chi connectivity index (χ1) is 28.0. The molecule has 10 nitrogen and oxygen atoms in total. The maximum Gasteiger partial charge on any atom is 0.407 e. The quantitative estimate of drug-likeness (QED) is 0.0631. The van der Waals surface area contributed by atoms with E-state index in [-0.39, 0.29) is 18.3 Å². The van der Waals surface area contributed by atoms with Gasteiger partial charge in [0, 0.05) is 11.7 Å². The maximum absolute atomic E-state index is 14.3. The molecule has 0 bridgehead atoms. The second kappa shape index (κ2) is 19.0. The Balaban J connectivity index is 1.27. The smallest absolute Gasteiger partial charge is 0.407 e. The van der Waals surface area contributed by atoms with Gasteiger partial charge in [-0.15, -0.1) is 11.8 Å². The van der Waals surface area contributed by atoms with Crippen LogP contribution in [0.3, 0.4) is 0 Å². The second-order valence-electron chi connectivity index (χ2n) is 14.6. The number of benzene rings is 5. The SMILES string of the molecule is COC(=O)[C@H](NC(=O)[C@@H](CSC(c1ccccc1)(c1ccccc1)c1ccccc1)NC(=O)[C@H](NC(=O)OCC1c2ccccc2-c2ccccc21)C(C)C)[C@H](C)O. The third-order valence-corrected chi connectivity index (χ3v) is 12.1. The molecule has 0 saturated heterocycles. The average molecular weight is 800 g/mol. The number of thioether (sulfide) groups is 1. The molecular formula is C47H49N3O7S. The summed E-state index contributed by atoms with van der Waals surface area (Å²) in [4.78, 5) is 54.6. The molecule has 5 aromatic carbocycles. The van der Waals surface area contributed by atoms with E-state index >= 15 is 0 Å². The number of aliphatic hydroxyl groups is 1. The molecule has 0 radical (unpaired) electrons. The zero-order chi connectivity index (χ0) is 41.2. The monoisotopic (exact) mass is 799 g/mol. The molecule has 0 fully saturated rings. The Labute approximate surface area is 343 Å². The molecule has 5 aromatic rings. The Morgan fingerprint density at radius 2 is 1.10 bits per heavy atom. The van der Waals surface area contributed by atoms with Crippen molar-refractivity contribution in [3.8, 4) is 11.1 Å². The second-order valence-corrected chi connectivity index (χ2v) is 15.8. The number of aliphatic hydroxyl groups excluding tert-OH is 1. The highest BCUT2D eigenvalue weighted by Crippen LogP contribution is 2.49. The normalized spacial score (nSPS) is 14.2. The highest BCUT2D eigenvalue weighted by molar-refractivity contribution is 8.00. The topological polar surface area (TPSA) is 143 Å². The van der Waals surface area contributed by atoms with Gasteiger partial charge in [-0.1, -0.05) is 153 Å². The van der Waals surface area contributed by atoms with Crippen molar-refractivity contribution >= 4 is 35.6 Å². The summed E-state index contributed by atoms with van der Waals surface area (Å²) in [6.45, 7) is 4.98. The number of esters is 1. The number of methoxy groups -OCH3 is 1. The lowest BCUT2D eigenvalue weighted by atomic mass is 9.84. The fourth-order valence-corrected chi connectivity index (χ4v) is 9.04. The summed E-state index contributed by atoms with van der Waals surface area (Å²) in [7, 11) is 1.16. The molecule has 1 aliphatic carbocycles. The fourth-order valence-electron chi connectivity index (χ4n) is 7.48. The first-order valence-corrected chi connectivity index (χ1v) is 20.3. The molecule has 58 heavy (non-hydrogen) atoms. The van der Waals surface area contributed by atoms with Crippen LogP contribution in [0, 0.1) is 5.92 Å². The summed E-state index contributed by atoms with van der Waals surface area (Å²) in [6, 6.07) is 42.0. The number of ether oxygens (including phenoxy) is 2. The Morgan fingerprint density at radius 3 is 1.55 bits per heavy atom. The van der Waals surface area contributed by atoms with Gasteiger partial charge in [-0.3, -0.25) is 9.59 Å². The van der Waals surface area contributed by atoms with Crippen LogP contribution in [0.1, 0.15) is 54.5 Å². The maximum atomic E-state index is 14.3. The van der Waals surface area contributed by atoms with Crippen molar-refractivity contribution in [1.29, 1.82) is 0 Å². The van der Waals surface area contributed by atoms with E-state index in [0.29, 0.717) is 0 Å². The average Bonchev–Trinajstić information content (AvgIpc) is 3.57. The Hall–Kier alpha value is -5.91. The molecule has 1 aliphatic rings. The Morgan fingerprint density at radius 1 is 0.638 bits per heavy atom. The van der Waals surface area contributed by atoms with Gasteiger partial charge >= 0.3 is 12.1 Å². The van der Waals surface area contributed by atoms with E-state index in [4.69, 9.17) is 9.47 Å². The highest BCUT2D eigenvalue weighted by Gasteiger charge is 2.40. The number of amides is 3. The molecule has 11 heteroatoms. The molecule has 3 amide bonds. The minimum atomic E-state index is -1.40. The van der Waals surface area contributed by atoms with Gasteiger partial charge in [0.1, 0.15) is 18.7 Å². The van der Waals surface area contributed by atoms with Crippen LogP contribution >= 0.6 is 11.8 Å². The van der Waals surface area contributed by atoms with Crippen molar-refractivity contribution in [2.24, 2.45) is 5.92 Å². The van der Waals surface area contributed by atoms with Gasteiger partial charge < -0.3 is 30.5 Å². The largest absolute Gasteiger partial charge is 0.467 e. The van der Waals surface area contributed by atoms with E-state index < -0.39 is 58.8 Å². The van der Waals surface area contributed by atoms with Crippen molar-refractivity contribution in [1.82, 2.24) is 16.0 Å². The first-order valence-electron chi connectivity index (χ1n) is 19.3. The Bertz CT molecular complexity index is 2040. The number of hydrogen-bond acceptors (Lipinski definition) is 8. The van der Waals surface area contributed by atoms with Crippen LogP contribution in [0.25, 0.3) is 11.1 Å². The van der Waals surface area contributed by atoms with Crippen LogP contribution < -0.4 is 16.0 Å².